The third kappa shape index (κ3) is 3.19. The summed E-state index contributed by atoms with van der Waals surface area (Å²) in [6.07, 6.45) is -2.78. The van der Waals surface area contributed by atoms with E-state index in [1.807, 2.05) is 0 Å². The number of thioether (sulfide) groups is 1. The number of rotatable bonds is 3. The Labute approximate surface area is 133 Å². The summed E-state index contributed by atoms with van der Waals surface area (Å²) >= 11 is 1.31. The van der Waals surface area contributed by atoms with E-state index in [0.29, 0.717) is 16.7 Å². The Bertz CT molecular complexity index is 757. The first kappa shape index (κ1) is 15.9. The number of halogens is 4. The molecule has 23 heavy (non-hydrogen) atoms. The van der Waals surface area contributed by atoms with Gasteiger partial charge < -0.3 is 4.74 Å². The first-order chi connectivity index (χ1) is 11.0. The SMILES string of the molecule is O=C1CCSc2ccc(Oc3cc(F)cc(F)c3)c(C(F)F)c21. The summed E-state index contributed by atoms with van der Waals surface area (Å²) in [6.45, 7) is 0. The van der Waals surface area contributed by atoms with Gasteiger partial charge in [0.05, 0.1) is 5.56 Å². The Kier molecular flexibility index (Phi) is 4.30. The molecule has 2 aromatic carbocycles. The summed E-state index contributed by atoms with van der Waals surface area (Å²) in [7, 11) is 0. The van der Waals surface area contributed by atoms with Gasteiger partial charge in [0.1, 0.15) is 23.1 Å². The minimum Gasteiger partial charge on any atom is -0.457 e. The molecule has 120 valence electrons. The number of ether oxygens (including phenoxy) is 1. The number of carbonyl (C=O) groups is 1. The van der Waals surface area contributed by atoms with Gasteiger partial charge in [-0.25, -0.2) is 17.6 Å². The lowest BCUT2D eigenvalue weighted by atomic mass is 10.0. The van der Waals surface area contributed by atoms with Crippen LogP contribution < -0.4 is 4.74 Å². The molecule has 0 aliphatic carbocycles. The summed E-state index contributed by atoms with van der Waals surface area (Å²) in [5, 5.41) is 0. The minimum atomic E-state index is -2.94. The summed E-state index contributed by atoms with van der Waals surface area (Å²) in [5.41, 5.74) is -0.602. The van der Waals surface area contributed by atoms with Crippen LogP contribution in [0.5, 0.6) is 11.5 Å². The highest BCUT2D eigenvalue weighted by Crippen LogP contribution is 2.42. The zero-order valence-electron chi connectivity index (χ0n) is 11.6. The predicted octanol–water partition coefficient (Wildman–Crippen LogP) is 5.37. The monoisotopic (exact) mass is 342 g/mol. The molecule has 0 atom stereocenters. The van der Waals surface area contributed by atoms with Gasteiger partial charge in [0.15, 0.2) is 5.78 Å². The quantitative estimate of drug-likeness (QED) is 0.701. The third-order valence-corrected chi connectivity index (χ3v) is 4.37. The third-order valence-electron chi connectivity index (χ3n) is 3.31. The van der Waals surface area contributed by atoms with Crippen molar-refractivity contribution in [1.29, 1.82) is 0 Å². The van der Waals surface area contributed by atoms with Crippen LogP contribution in [-0.4, -0.2) is 11.5 Å². The van der Waals surface area contributed by atoms with Gasteiger partial charge in [-0.1, -0.05) is 0 Å². The first-order valence-corrected chi connectivity index (χ1v) is 7.69. The van der Waals surface area contributed by atoms with Crippen LogP contribution in [-0.2, 0) is 0 Å². The van der Waals surface area contributed by atoms with Gasteiger partial charge in [0, 0.05) is 40.8 Å². The normalized spacial score (nSPS) is 14.0. The Morgan fingerprint density at radius 2 is 1.78 bits per heavy atom. The molecule has 1 aliphatic rings. The Balaban J connectivity index is 2.09. The molecule has 3 rings (SSSR count). The van der Waals surface area contributed by atoms with Gasteiger partial charge in [-0.2, -0.15) is 0 Å². The standard InChI is InChI=1S/C16H10F4O2S/c17-8-5-9(18)7-10(6-8)22-12-1-2-13-14(15(12)16(19)20)11(21)3-4-23-13/h1-2,5-7,16H,3-4H2. The van der Waals surface area contributed by atoms with Crippen LogP contribution in [0.15, 0.2) is 35.2 Å². The number of alkyl halides is 2. The number of benzene rings is 2. The molecule has 0 spiro atoms. The van der Waals surface area contributed by atoms with Crippen molar-refractivity contribution in [1.82, 2.24) is 0 Å². The van der Waals surface area contributed by atoms with Crippen molar-refractivity contribution < 1.29 is 27.1 Å². The Hall–Kier alpha value is -2.02. The number of fused-ring (bicyclic) bond motifs is 1. The molecule has 0 unspecified atom stereocenters. The molecule has 1 aliphatic heterocycles. The Morgan fingerprint density at radius 1 is 1.09 bits per heavy atom. The van der Waals surface area contributed by atoms with Crippen LogP contribution in [0.4, 0.5) is 17.6 Å². The van der Waals surface area contributed by atoms with Crippen molar-refractivity contribution in [2.24, 2.45) is 0 Å². The van der Waals surface area contributed by atoms with Crippen molar-refractivity contribution in [3.05, 3.63) is 53.1 Å². The average molecular weight is 342 g/mol. The molecule has 0 bridgehead atoms. The van der Waals surface area contributed by atoms with E-state index in [0.717, 1.165) is 12.1 Å². The molecule has 0 amide bonds. The lowest BCUT2D eigenvalue weighted by molar-refractivity contribution is 0.0967. The molecule has 2 aromatic rings. The van der Waals surface area contributed by atoms with E-state index in [1.165, 1.54) is 23.9 Å². The zero-order valence-corrected chi connectivity index (χ0v) is 12.4. The first-order valence-electron chi connectivity index (χ1n) is 6.70. The molecule has 7 heteroatoms. The summed E-state index contributed by atoms with van der Waals surface area (Å²) < 4.78 is 58.5. The van der Waals surface area contributed by atoms with Gasteiger partial charge >= 0.3 is 0 Å². The van der Waals surface area contributed by atoms with Gasteiger partial charge in [-0.15, -0.1) is 11.8 Å². The van der Waals surface area contributed by atoms with Gasteiger partial charge in [0.2, 0.25) is 0 Å². The number of ketones is 1. The van der Waals surface area contributed by atoms with E-state index < -0.39 is 23.6 Å². The fraction of sp³-hybridized carbons (Fsp3) is 0.188. The van der Waals surface area contributed by atoms with Crippen LogP contribution in [0.1, 0.15) is 28.8 Å². The summed E-state index contributed by atoms with van der Waals surface area (Å²) in [4.78, 5) is 12.5. The maximum absolute atomic E-state index is 13.5. The van der Waals surface area contributed by atoms with E-state index in [2.05, 4.69) is 0 Å². The van der Waals surface area contributed by atoms with E-state index in [4.69, 9.17) is 4.74 Å². The van der Waals surface area contributed by atoms with Crippen LogP contribution in [0.2, 0.25) is 0 Å². The summed E-state index contributed by atoms with van der Waals surface area (Å²) in [5.74, 6) is -2.15. The van der Waals surface area contributed by atoms with Gasteiger partial charge in [-0.05, 0) is 12.1 Å². The van der Waals surface area contributed by atoms with Crippen molar-refractivity contribution in [2.45, 2.75) is 17.7 Å². The molecule has 0 saturated carbocycles. The van der Waals surface area contributed by atoms with Gasteiger partial charge in [0.25, 0.3) is 6.43 Å². The van der Waals surface area contributed by atoms with Crippen molar-refractivity contribution in [3.63, 3.8) is 0 Å². The molecule has 2 nitrogen and oxygen atoms in total. The summed E-state index contributed by atoms with van der Waals surface area (Å²) in [6, 6.07) is 5.21. The minimum absolute atomic E-state index is 0.0642. The van der Waals surface area contributed by atoms with Crippen molar-refractivity contribution in [3.8, 4) is 11.5 Å². The fourth-order valence-corrected chi connectivity index (χ4v) is 3.43. The highest BCUT2D eigenvalue weighted by Gasteiger charge is 2.29. The molecular weight excluding hydrogens is 332 g/mol. The number of hydrogen-bond donors (Lipinski definition) is 0. The highest BCUT2D eigenvalue weighted by atomic mass is 32.2. The van der Waals surface area contributed by atoms with Crippen LogP contribution in [0.25, 0.3) is 0 Å². The van der Waals surface area contributed by atoms with E-state index in [1.54, 1.807) is 0 Å². The second-order valence-electron chi connectivity index (χ2n) is 4.88. The fourth-order valence-electron chi connectivity index (χ4n) is 2.39. The van der Waals surface area contributed by atoms with E-state index in [9.17, 15) is 22.4 Å². The number of hydrogen-bond acceptors (Lipinski definition) is 3. The molecule has 1 heterocycles. The van der Waals surface area contributed by atoms with Crippen LogP contribution in [0, 0.1) is 11.6 Å². The molecular formula is C16H10F4O2S. The highest BCUT2D eigenvalue weighted by molar-refractivity contribution is 7.99. The molecule has 0 aromatic heterocycles. The lowest BCUT2D eigenvalue weighted by Crippen LogP contribution is -2.13. The maximum Gasteiger partial charge on any atom is 0.268 e. The zero-order chi connectivity index (χ0) is 16.6. The second-order valence-corrected chi connectivity index (χ2v) is 6.02. The topological polar surface area (TPSA) is 26.3 Å². The number of Topliss-reactive ketones (excluding diaryl/α,β-unsaturated/α-hetero) is 1. The smallest absolute Gasteiger partial charge is 0.268 e. The molecule has 0 fully saturated rings. The van der Waals surface area contributed by atoms with Gasteiger partial charge in [-0.3, -0.25) is 4.79 Å². The molecule has 0 saturated heterocycles. The maximum atomic E-state index is 13.5. The van der Waals surface area contributed by atoms with E-state index in [-0.39, 0.29) is 29.3 Å². The van der Waals surface area contributed by atoms with Crippen molar-refractivity contribution >= 4 is 17.5 Å². The van der Waals surface area contributed by atoms with Crippen molar-refractivity contribution in [2.75, 3.05) is 5.75 Å². The largest absolute Gasteiger partial charge is 0.457 e. The second kappa shape index (κ2) is 6.23. The average Bonchev–Trinajstić information content (AvgIpc) is 2.46. The van der Waals surface area contributed by atoms with Crippen LogP contribution in [0.3, 0.4) is 0 Å². The predicted molar refractivity (Wildman–Crippen MR) is 77.5 cm³/mol. The Morgan fingerprint density at radius 3 is 2.43 bits per heavy atom. The number of carbonyl (C=O) groups excluding carboxylic acids is 1. The van der Waals surface area contributed by atoms with E-state index >= 15 is 0 Å². The molecule has 0 radical (unpaired) electrons. The van der Waals surface area contributed by atoms with Crippen LogP contribution >= 0.6 is 11.8 Å². The lowest BCUT2D eigenvalue weighted by Gasteiger charge is -2.20. The molecule has 0 N–H and O–H groups in total.